The third-order valence-electron chi connectivity index (χ3n) is 15.9. The quantitative estimate of drug-likeness (QED) is 0.0673. The molecule has 0 saturated heterocycles. The van der Waals surface area contributed by atoms with Gasteiger partial charge in [-0.1, -0.05) is 265 Å². The lowest BCUT2D eigenvalue weighted by atomic mass is 9.78. The highest BCUT2D eigenvalue weighted by molar-refractivity contribution is 5.81. The van der Waals surface area contributed by atoms with Gasteiger partial charge in [0.1, 0.15) is 22.8 Å². The van der Waals surface area contributed by atoms with Crippen molar-refractivity contribution in [3.05, 3.63) is 144 Å². The second-order valence-electron chi connectivity index (χ2n) is 25.8. The second-order valence-corrected chi connectivity index (χ2v) is 25.8. The largest absolute Gasteiger partial charge is 0.224 e. The summed E-state index contributed by atoms with van der Waals surface area (Å²) in [6.07, 6.45) is 9.29. The Morgan fingerprint density at radius 1 is 0.280 bits per heavy atom. The van der Waals surface area contributed by atoms with Crippen LogP contribution in [0.3, 0.4) is 0 Å². The van der Waals surface area contributed by atoms with Crippen molar-refractivity contribution in [2.75, 3.05) is 0 Å². The minimum Gasteiger partial charge on any atom is -0.224 e. The predicted molar refractivity (Wildman–Crippen MR) is 321 cm³/mol. The Hall–Kier alpha value is -5.88. The maximum atomic E-state index is 5.33. The van der Waals surface area contributed by atoms with E-state index < -0.39 is 0 Å². The molecule has 7 rings (SSSR count). The lowest BCUT2D eigenvalue weighted by molar-refractivity contribution is 0.415. The molecule has 398 valence electrons. The average Bonchev–Trinajstić information content (AvgIpc) is 3.38. The molecule has 0 aliphatic carbocycles. The first-order valence-electron chi connectivity index (χ1n) is 28.0. The standard InChI is InChI=1S/C68H88N6.CH4/c1-45(2)37-41-65(9,10)55-29-21-49(22-30-55)59-61(51-25-33-57(34-26-51)67(13,14)43-39-47(5)6)71-73-63(69-59)53-17-19-54(20-18-53)64-70-60(50-23-31-56(32-24-50)66(11,12)42-38-46(3)4)62(72-74-64)52-27-35-58(36-28-52)68(15,16)44-40-48(7)8;/h17-36,45-48H,37-44H2,1-16H3;1H4. The van der Waals surface area contributed by atoms with E-state index >= 15 is 0 Å². The van der Waals surface area contributed by atoms with Crippen molar-refractivity contribution in [3.8, 4) is 67.8 Å². The number of rotatable bonds is 22. The molecule has 0 bridgehead atoms. The highest BCUT2D eigenvalue weighted by Crippen LogP contribution is 2.39. The van der Waals surface area contributed by atoms with Gasteiger partial charge in [0.25, 0.3) is 0 Å². The van der Waals surface area contributed by atoms with Gasteiger partial charge in [-0.05, 0) is 93.3 Å². The van der Waals surface area contributed by atoms with E-state index in [-0.39, 0.29) is 29.1 Å². The fraction of sp³-hybridized carbons (Fsp3) is 0.478. The molecule has 7 aromatic rings. The lowest BCUT2D eigenvalue weighted by Gasteiger charge is -2.27. The molecule has 0 aliphatic rings. The molecule has 0 saturated carbocycles. The average molecular weight is 1010 g/mol. The number of hydrogen-bond donors (Lipinski definition) is 0. The summed E-state index contributed by atoms with van der Waals surface area (Å²) in [7, 11) is 0. The van der Waals surface area contributed by atoms with E-state index in [1.807, 2.05) is 0 Å². The van der Waals surface area contributed by atoms with Crippen molar-refractivity contribution in [3.63, 3.8) is 0 Å². The molecular weight excluding hydrogens is 913 g/mol. The fourth-order valence-electron chi connectivity index (χ4n) is 9.95. The first-order valence-corrected chi connectivity index (χ1v) is 28.0. The van der Waals surface area contributed by atoms with Crippen molar-refractivity contribution >= 4 is 0 Å². The third-order valence-corrected chi connectivity index (χ3v) is 15.9. The summed E-state index contributed by atoms with van der Waals surface area (Å²) >= 11 is 0. The Balaban J connectivity index is 0.00000914. The Morgan fingerprint density at radius 2 is 0.480 bits per heavy atom. The summed E-state index contributed by atoms with van der Waals surface area (Å²) in [6.45, 7) is 37.2. The summed E-state index contributed by atoms with van der Waals surface area (Å²) in [5.74, 6) is 3.78. The van der Waals surface area contributed by atoms with Crippen LogP contribution >= 0.6 is 0 Å². The van der Waals surface area contributed by atoms with Gasteiger partial charge in [-0.25, -0.2) is 9.97 Å². The number of nitrogens with zero attached hydrogens (tertiary/aromatic N) is 6. The van der Waals surface area contributed by atoms with Gasteiger partial charge in [-0.3, -0.25) is 0 Å². The molecule has 0 atom stereocenters. The summed E-state index contributed by atoms with van der Waals surface area (Å²) in [6, 6.07) is 44.0. The summed E-state index contributed by atoms with van der Waals surface area (Å²) in [5, 5.41) is 19.5. The maximum absolute atomic E-state index is 5.33. The Kier molecular flexibility index (Phi) is 19.0. The van der Waals surface area contributed by atoms with Gasteiger partial charge in [0.15, 0.2) is 11.6 Å². The van der Waals surface area contributed by atoms with Gasteiger partial charge >= 0.3 is 0 Å². The molecule has 6 nitrogen and oxygen atoms in total. The predicted octanol–water partition coefficient (Wildman–Crippen LogP) is 19.5. The molecule has 6 heteroatoms. The van der Waals surface area contributed by atoms with E-state index in [1.165, 1.54) is 47.9 Å². The third kappa shape index (κ3) is 14.7. The molecule has 0 aliphatic heterocycles. The minimum absolute atomic E-state index is 0. The smallest absolute Gasteiger partial charge is 0.182 e. The van der Waals surface area contributed by atoms with Crippen LogP contribution in [0.25, 0.3) is 67.8 Å². The van der Waals surface area contributed by atoms with Crippen LogP contribution in [0.1, 0.15) is 192 Å². The monoisotopic (exact) mass is 1000 g/mol. The molecule has 0 radical (unpaired) electrons. The Morgan fingerprint density at radius 3 is 0.693 bits per heavy atom. The van der Waals surface area contributed by atoms with E-state index in [4.69, 9.17) is 30.4 Å². The molecule has 2 heterocycles. The fourth-order valence-corrected chi connectivity index (χ4v) is 9.95. The van der Waals surface area contributed by atoms with Crippen LogP contribution < -0.4 is 0 Å². The van der Waals surface area contributed by atoms with E-state index in [1.54, 1.807) is 0 Å². The molecule has 0 fully saturated rings. The van der Waals surface area contributed by atoms with Crippen molar-refractivity contribution < 1.29 is 0 Å². The second kappa shape index (κ2) is 24.4. The SMILES string of the molecule is C.CC(C)CCC(C)(C)c1ccc(-c2nnc(-c3ccc(-c4nnc(-c5ccc(C(C)(C)CCC(C)C)cc5)c(-c5ccc(C(C)(C)CCC(C)C)cc5)n4)cc3)nc2-c2ccc(C(C)(C)CCC(C)C)cc2)cc1. The normalized spacial score (nSPS) is 12.5. The lowest BCUT2D eigenvalue weighted by Crippen LogP contribution is -2.18. The van der Waals surface area contributed by atoms with Gasteiger partial charge < -0.3 is 0 Å². The van der Waals surface area contributed by atoms with Gasteiger partial charge in [0.2, 0.25) is 0 Å². The van der Waals surface area contributed by atoms with Gasteiger partial charge in [-0.15, -0.1) is 20.4 Å². The number of benzene rings is 5. The zero-order valence-corrected chi connectivity index (χ0v) is 48.2. The van der Waals surface area contributed by atoms with Crippen LogP contribution in [0.4, 0.5) is 0 Å². The van der Waals surface area contributed by atoms with Crippen LogP contribution in [0.5, 0.6) is 0 Å². The zero-order valence-electron chi connectivity index (χ0n) is 48.2. The highest BCUT2D eigenvalue weighted by atomic mass is 15.2. The van der Waals surface area contributed by atoms with E-state index in [0.717, 1.165) is 81.8 Å². The minimum atomic E-state index is 0. The molecule has 2 aromatic heterocycles. The number of aromatic nitrogens is 6. The molecule has 75 heavy (non-hydrogen) atoms. The van der Waals surface area contributed by atoms with Crippen LogP contribution in [0.15, 0.2) is 121 Å². The van der Waals surface area contributed by atoms with Crippen LogP contribution in [0, 0.1) is 23.7 Å². The molecule has 5 aromatic carbocycles. The van der Waals surface area contributed by atoms with Gasteiger partial charge in [0.05, 0.1) is 0 Å². The maximum Gasteiger partial charge on any atom is 0.182 e. The molecule has 0 amide bonds. The van der Waals surface area contributed by atoms with Gasteiger partial charge in [-0.2, -0.15) is 0 Å². The molecule has 0 unspecified atom stereocenters. The molecular formula is C69H92N6. The van der Waals surface area contributed by atoms with Crippen molar-refractivity contribution in [1.82, 2.24) is 30.4 Å². The molecule has 0 spiro atoms. The van der Waals surface area contributed by atoms with Crippen LogP contribution in [-0.2, 0) is 21.7 Å². The number of hydrogen-bond acceptors (Lipinski definition) is 6. The van der Waals surface area contributed by atoms with E-state index in [9.17, 15) is 0 Å². The van der Waals surface area contributed by atoms with Crippen molar-refractivity contribution in [1.29, 1.82) is 0 Å². The van der Waals surface area contributed by atoms with E-state index in [2.05, 4.69) is 232 Å². The summed E-state index contributed by atoms with van der Waals surface area (Å²) in [5.41, 5.74) is 14.5. The Bertz CT molecular complexity index is 2700. The highest BCUT2D eigenvalue weighted by Gasteiger charge is 2.26. The van der Waals surface area contributed by atoms with Crippen molar-refractivity contribution in [2.45, 2.75) is 191 Å². The van der Waals surface area contributed by atoms with Crippen molar-refractivity contribution in [2.24, 2.45) is 23.7 Å². The van der Waals surface area contributed by atoms with E-state index in [0.29, 0.717) is 35.3 Å². The van der Waals surface area contributed by atoms with Crippen LogP contribution in [0.2, 0.25) is 0 Å². The Labute approximate surface area is 454 Å². The zero-order chi connectivity index (χ0) is 53.6. The summed E-state index contributed by atoms with van der Waals surface area (Å²) < 4.78 is 0. The molecule has 0 N–H and O–H groups in total. The first-order chi connectivity index (χ1) is 34.9. The first kappa shape index (κ1) is 58.4. The summed E-state index contributed by atoms with van der Waals surface area (Å²) in [4.78, 5) is 10.7. The topological polar surface area (TPSA) is 77.3 Å². The van der Waals surface area contributed by atoms with Gasteiger partial charge in [0, 0.05) is 33.4 Å². The van der Waals surface area contributed by atoms with Crippen LogP contribution in [-0.4, -0.2) is 30.4 Å².